The Morgan fingerprint density at radius 2 is 1.56 bits per heavy atom. The van der Waals surface area contributed by atoms with Crippen molar-refractivity contribution in [2.24, 2.45) is 5.10 Å². The fraction of sp³-hybridized carbons (Fsp3) is 0.0435. The number of carbonyl (C=O) groups is 3. The maximum absolute atomic E-state index is 12.6. The van der Waals surface area contributed by atoms with Crippen molar-refractivity contribution in [3.05, 3.63) is 88.4 Å². The monoisotopic (exact) mass is 494 g/mol. The third-order valence-electron chi connectivity index (χ3n) is 4.22. The van der Waals surface area contributed by atoms with E-state index in [1.807, 2.05) is 0 Å². The number of amides is 3. The number of hydrogen-bond donors (Lipinski definition) is 3. The molecule has 0 unspecified atom stereocenters. The zero-order valence-electron chi connectivity index (χ0n) is 17.0. The van der Waals surface area contributed by atoms with Crippen LogP contribution in [0.4, 0.5) is 11.4 Å². The summed E-state index contributed by atoms with van der Waals surface area (Å²) in [4.78, 5) is 37.0. The Balaban J connectivity index is 1.61. The van der Waals surface area contributed by atoms with Crippen LogP contribution in [0, 0.1) is 0 Å². The second-order valence-electron chi connectivity index (χ2n) is 6.43. The highest BCUT2D eigenvalue weighted by Gasteiger charge is 2.17. The highest BCUT2D eigenvalue weighted by molar-refractivity contribution is 9.10. The van der Waals surface area contributed by atoms with Gasteiger partial charge in [-0.15, -0.1) is 0 Å². The number of hydrazone groups is 1. The molecule has 3 amide bonds. The lowest BCUT2D eigenvalue weighted by atomic mass is 10.1. The van der Waals surface area contributed by atoms with Gasteiger partial charge in [-0.1, -0.05) is 28.1 Å². The number of nitrogens with one attached hydrogen (secondary N) is 3. The van der Waals surface area contributed by atoms with Gasteiger partial charge in [-0.05, 0) is 66.2 Å². The summed E-state index contributed by atoms with van der Waals surface area (Å²) in [5, 5.41) is 8.96. The van der Waals surface area contributed by atoms with Gasteiger partial charge in [-0.25, -0.2) is 5.43 Å². The molecule has 0 aliphatic carbocycles. The van der Waals surface area contributed by atoms with Gasteiger partial charge in [0.05, 0.1) is 24.6 Å². The molecule has 0 spiro atoms. The number of benzene rings is 3. The van der Waals surface area contributed by atoms with Crippen LogP contribution in [0.25, 0.3) is 0 Å². The summed E-state index contributed by atoms with van der Waals surface area (Å²) in [5.74, 6) is -1.67. The van der Waals surface area contributed by atoms with Gasteiger partial charge in [0.25, 0.3) is 5.91 Å². The van der Waals surface area contributed by atoms with Crippen molar-refractivity contribution >= 4 is 51.2 Å². The number of anilines is 2. The van der Waals surface area contributed by atoms with E-state index in [1.54, 1.807) is 73.8 Å². The predicted octanol–water partition coefficient (Wildman–Crippen LogP) is 3.80. The molecule has 0 radical (unpaired) electrons. The Bertz CT molecular complexity index is 1150. The molecule has 3 rings (SSSR count). The van der Waals surface area contributed by atoms with E-state index in [0.717, 1.165) is 4.47 Å². The summed E-state index contributed by atoms with van der Waals surface area (Å²) in [6.07, 6.45) is 1.39. The van der Waals surface area contributed by atoms with E-state index in [2.05, 4.69) is 37.1 Å². The number of methoxy groups -OCH3 is 1. The zero-order chi connectivity index (χ0) is 22.9. The standard InChI is InChI=1S/C23H19BrN4O4/c1-32-18-12-6-15(7-13-18)14-25-28-23(31)22(30)27-20-5-3-2-4-19(20)21(29)26-17-10-8-16(24)9-11-17/h2-14H,1H3,(H,26,29)(H,27,30)(H,28,31)/b25-14-. The Morgan fingerprint density at radius 3 is 2.25 bits per heavy atom. The molecule has 162 valence electrons. The molecule has 0 bridgehead atoms. The summed E-state index contributed by atoms with van der Waals surface area (Å²) in [6.45, 7) is 0. The molecule has 3 N–H and O–H groups in total. The largest absolute Gasteiger partial charge is 0.497 e. The summed E-state index contributed by atoms with van der Waals surface area (Å²) in [6, 6.07) is 20.4. The molecule has 8 nitrogen and oxygen atoms in total. The fourth-order valence-electron chi connectivity index (χ4n) is 2.61. The second kappa shape index (κ2) is 10.9. The van der Waals surface area contributed by atoms with Crippen LogP contribution in [0.3, 0.4) is 0 Å². The van der Waals surface area contributed by atoms with Gasteiger partial charge in [0, 0.05) is 10.2 Å². The topological polar surface area (TPSA) is 109 Å². The van der Waals surface area contributed by atoms with Crippen LogP contribution in [0.5, 0.6) is 5.75 Å². The minimum atomic E-state index is -0.974. The minimum absolute atomic E-state index is 0.196. The van der Waals surface area contributed by atoms with E-state index < -0.39 is 17.7 Å². The Morgan fingerprint density at radius 1 is 0.875 bits per heavy atom. The zero-order valence-corrected chi connectivity index (χ0v) is 18.5. The normalized spacial score (nSPS) is 10.4. The highest BCUT2D eigenvalue weighted by Crippen LogP contribution is 2.19. The predicted molar refractivity (Wildman–Crippen MR) is 126 cm³/mol. The van der Waals surface area contributed by atoms with Crippen LogP contribution in [0.1, 0.15) is 15.9 Å². The van der Waals surface area contributed by atoms with Crippen molar-refractivity contribution in [3.8, 4) is 5.75 Å². The van der Waals surface area contributed by atoms with E-state index in [1.165, 1.54) is 12.3 Å². The lowest BCUT2D eigenvalue weighted by molar-refractivity contribution is -0.136. The van der Waals surface area contributed by atoms with Gasteiger partial charge < -0.3 is 15.4 Å². The van der Waals surface area contributed by atoms with Gasteiger partial charge in [0.2, 0.25) is 0 Å². The van der Waals surface area contributed by atoms with Crippen LogP contribution in [-0.2, 0) is 9.59 Å². The molecule has 0 saturated carbocycles. The Kier molecular flexibility index (Phi) is 7.71. The molecule has 0 aliphatic heterocycles. The van der Waals surface area contributed by atoms with Crippen molar-refractivity contribution in [1.29, 1.82) is 0 Å². The smallest absolute Gasteiger partial charge is 0.329 e. The number of rotatable bonds is 6. The first-order chi connectivity index (χ1) is 15.5. The van der Waals surface area contributed by atoms with Gasteiger partial charge in [0.15, 0.2) is 0 Å². The van der Waals surface area contributed by atoms with E-state index in [9.17, 15) is 14.4 Å². The summed E-state index contributed by atoms with van der Waals surface area (Å²) in [5.41, 5.74) is 3.86. The SMILES string of the molecule is COc1ccc(/C=N\NC(=O)C(=O)Nc2ccccc2C(=O)Nc2ccc(Br)cc2)cc1. The summed E-state index contributed by atoms with van der Waals surface area (Å²) >= 11 is 3.33. The maximum Gasteiger partial charge on any atom is 0.329 e. The first-order valence-electron chi connectivity index (χ1n) is 9.40. The highest BCUT2D eigenvalue weighted by atomic mass is 79.9. The first-order valence-corrected chi connectivity index (χ1v) is 10.2. The number of carbonyl (C=O) groups excluding carboxylic acids is 3. The number of hydrogen-bond acceptors (Lipinski definition) is 5. The fourth-order valence-corrected chi connectivity index (χ4v) is 2.87. The molecule has 0 atom stereocenters. The van der Waals surface area contributed by atoms with Gasteiger partial charge in [-0.3, -0.25) is 14.4 Å². The van der Waals surface area contributed by atoms with Crippen LogP contribution in [0.15, 0.2) is 82.4 Å². The number of para-hydroxylation sites is 1. The van der Waals surface area contributed by atoms with Crippen molar-refractivity contribution in [2.75, 3.05) is 17.7 Å². The average Bonchev–Trinajstić information content (AvgIpc) is 2.81. The Hall–Kier alpha value is -3.98. The second-order valence-corrected chi connectivity index (χ2v) is 7.35. The average molecular weight is 495 g/mol. The molecule has 0 fully saturated rings. The minimum Gasteiger partial charge on any atom is -0.497 e. The van der Waals surface area contributed by atoms with Crippen molar-refractivity contribution in [1.82, 2.24) is 5.43 Å². The van der Waals surface area contributed by atoms with Gasteiger partial charge in [0.1, 0.15) is 5.75 Å². The third-order valence-corrected chi connectivity index (χ3v) is 4.75. The molecule has 32 heavy (non-hydrogen) atoms. The van der Waals surface area contributed by atoms with E-state index in [-0.39, 0.29) is 11.3 Å². The first kappa shape index (κ1) is 22.7. The molecule has 0 saturated heterocycles. The van der Waals surface area contributed by atoms with Crippen LogP contribution in [0.2, 0.25) is 0 Å². The molecule has 0 aliphatic rings. The number of halogens is 1. The summed E-state index contributed by atoms with van der Waals surface area (Å²) < 4.78 is 5.95. The van der Waals surface area contributed by atoms with Crippen LogP contribution < -0.4 is 20.8 Å². The lowest BCUT2D eigenvalue weighted by Crippen LogP contribution is -2.33. The maximum atomic E-state index is 12.6. The molecule has 0 heterocycles. The van der Waals surface area contributed by atoms with Crippen LogP contribution >= 0.6 is 15.9 Å². The third kappa shape index (κ3) is 6.26. The van der Waals surface area contributed by atoms with Crippen molar-refractivity contribution < 1.29 is 19.1 Å². The van der Waals surface area contributed by atoms with Gasteiger partial charge in [-0.2, -0.15) is 5.10 Å². The van der Waals surface area contributed by atoms with Crippen molar-refractivity contribution in [3.63, 3.8) is 0 Å². The molecular formula is C23H19BrN4O4. The number of nitrogens with zero attached hydrogens (tertiary/aromatic N) is 1. The van der Waals surface area contributed by atoms with Crippen LogP contribution in [-0.4, -0.2) is 31.0 Å². The number of ether oxygens (including phenoxy) is 1. The summed E-state index contributed by atoms with van der Waals surface area (Å²) in [7, 11) is 1.56. The molecule has 3 aromatic rings. The molecule has 9 heteroatoms. The van der Waals surface area contributed by atoms with E-state index in [0.29, 0.717) is 17.0 Å². The molecule has 3 aromatic carbocycles. The quantitative estimate of drug-likeness (QED) is 0.275. The van der Waals surface area contributed by atoms with Crippen molar-refractivity contribution in [2.45, 2.75) is 0 Å². The lowest BCUT2D eigenvalue weighted by Gasteiger charge is -2.11. The molecule has 0 aromatic heterocycles. The molecular weight excluding hydrogens is 476 g/mol. The Labute approximate surface area is 192 Å². The van der Waals surface area contributed by atoms with E-state index >= 15 is 0 Å². The van der Waals surface area contributed by atoms with E-state index in [4.69, 9.17) is 4.74 Å². The van der Waals surface area contributed by atoms with Gasteiger partial charge >= 0.3 is 11.8 Å².